The monoisotopic (exact) mass is 642 g/mol. The van der Waals surface area contributed by atoms with Crippen LogP contribution in [0.3, 0.4) is 0 Å². The second-order valence-electron chi connectivity index (χ2n) is 9.99. The molecule has 4 rings (SSSR count). The summed E-state index contributed by atoms with van der Waals surface area (Å²) in [6.45, 7) is -0.0531. The Labute approximate surface area is 261 Å². The minimum absolute atomic E-state index is 0.0531. The standard InChI is InChI=1S/C31H30O15/c1-40-22-10-16(4-7-19(22)33)28(36)44-25-13-31(39,43-15-32)14-26(45-29(37)17-5-8-20(34)23(11-17)41-2)27(25)46-30(38)18-6-9-21(35)24(12-18)42-3/h4-12,15,25-27,33-35,39H,13-14H2,1-3H3. The average molecular weight is 643 g/mol. The highest BCUT2D eigenvalue weighted by molar-refractivity contribution is 5.92. The number of carbonyl (C=O) groups excluding carboxylic acids is 4. The van der Waals surface area contributed by atoms with Crippen LogP contribution in [0.1, 0.15) is 43.9 Å². The molecule has 1 saturated carbocycles. The fraction of sp³-hybridized carbons (Fsp3) is 0.290. The molecule has 0 aliphatic heterocycles. The molecule has 1 aliphatic rings. The van der Waals surface area contributed by atoms with E-state index in [-0.39, 0.29) is 57.7 Å². The quantitative estimate of drug-likeness (QED) is 0.102. The highest BCUT2D eigenvalue weighted by Crippen LogP contribution is 2.37. The van der Waals surface area contributed by atoms with E-state index in [2.05, 4.69) is 0 Å². The van der Waals surface area contributed by atoms with Gasteiger partial charge in [0.05, 0.1) is 50.9 Å². The van der Waals surface area contributed by atoms with Crippen LogP contribution in [0.15, 0.2) is 54.6 Å². The van der Waals surface area contributed by atoms with E-state index < -0.39 is 54.8 Å². The largest absolute Gasteiger partial charge is 0.504 e. The predicted molar refractivity (Wildman–Crippen MR) is 153 cm³/mol. The van der Waals surface area contributed by atoms with Crippen molar-refractivity contribution in [2.75, 3.05) is 21.3 Å². The number of carbonyl (C=O) groups is 4. The van der Waals surface area contributed by atoms with E-state index >= 15 is 0 Å². The summed E-state index contributed by atoms with van der Waals surface area (Å²) in [6, 6.07) is 10.7. The second kappa shape index (κ2) is 13.9. The van der Waals surface area contributed by atoms with Gasteiger partial charge in [-0.25, -0.2) is 14.4 Å². The molecular weight excluding hydrogens is 612 g/mol. The lowest BCUT2D eigenvalue weighted by Crippen LogP contribution is -2.57. The molecule has 2 atom stereocenters. The van der Waals surface area contributed by atoms with Crippen LogP contribution in [0.5, 0.6) is 34.5 Å². The van der Waals surface area contributed by atoms with E-state index in [9.17, 15) is 39.6 Å². The first-order chi connectivity index (χ1) is 21.9. The second-order valence-corrected chi connectivity index (χ2v) is 9.99. The molecule has 46 heavy (non-hydrogen) atoms. The molecule has 0 amide bonds. The first kappa shape index (κ1) is 33.2. The zero-order valence-electron chi connectivity index (χ0n) is 24.7. The lowest BCUT2D eigenvalue weighted by atomic mass is 9.86. The molecule has 15 nitrogen and oxygen atoms in total. The number of benzene rings is 3. The van der Waals surface area contributed by atoms with Crippen molar-refractivity contribution < 1.29 is 72.8 Å². The summed E-state index contributed by atoms with van der Waals surface area (Å²) < 4.78 is 36.9. The minimum atomic E-state index is -2.36. The normalized spacial score (nSPS) is 20.5. The average Bonchev–Trinajstić information content (AvgIpc) is 3.03. The van der Waals surface area contributed by atoms with Crippen molar-refractivity contribution in [1.29, 1.82) is 0 Å². The van der Waals surface area contributed by atoms with Crippen LogP contribution < -0.4 is 14.2 Å². The van der Waals surface area contributed by atoms with Crippen molar-refractivity contribution in [2.45, 2.75) is 36.9 Å². The number of hydrogen-bond acceptors (Lipinski definition) is 15. The summed E-state index contributed by atoms with van der Waals surface area (Å²) in [6.07, 6.45) is -6.04. The van der Waals surface area contributed by atoms with Crippen LogP contribution in [0.4, 0.5) is 0 Å². The smallest absolute Gasteiger partial charge is 0.338 e. The predicted octanol–water partition coefficient (Wildman–Crippen LogP) is 2.46. The third kappa shape index (κ3) is 7.32. The van der Waals surface area contributed by atoms with Gasteiger partial charge in [0.15, 0.2) is 40.6 Å². The number of rotatable bonds is 11. The Kier molecular flexibility index (Phi) is 10.1. The first-order valence-electron chi connectivity index (χ1n) is 13.5. The molecular formula is C31H30O15. The number of esters is 3. The molecule has 3 aromatic carbocycles. The number of hydrogen-bond donors (Lipinski definition) is 4. The van der Waals surface area contributed by atoms with Gasteiger partial charge in [-0.1, -0.05) is 0 Å². The Morgan fingerprint density at radius 3 is 1.33 bits per heavy atom. The maximum atomic E-state index is 13.3. The highest BCUT2D eigenvalue weighted by Gasteiger charge is 2.52. The van der Waals surface area contributed by atoms with Gasteiger partial charge in [0.25, 0.3) is 6.47 Å². The zero-order valence-corrected chi connectivity index (χ0v) is 24.7. The molecule has 0 aromatic heterocycles. The zero-order chi connectivity index (χ0) is 33.6. The van der Waals surface area contributed by atoms with Gasteiger partial charge in [-0.2, -0.15) is 0 Å². The number of aromatic hydroxyl groups is 3. The molecule has 0 saturated heterocycles. The van der Waals surface area contributed by atoms with Crippen molar-refractivity contribution in [1.82, 2.24) is 0 Å². The number of aliphatic hydroxyl groups is 1. The SMILES string of the molecule is COc1cc(C(=O)OC2CC(O)(OC=O)CC(OC(=O)c3ccc(O)c(OC)c3)C2OC(=O)c2ccc(O)c(OC)c2)ccc1O. The van der Waals surface area contributed by atoms with Crippen LogP contribution in [-0.2, 0) is 23.7 Å². The topological polar surface area (TPSA) is 214 Å². The van der Waals surface area contributed by atoms with E-state index in [1.165, 1.54) is 75.9 Å². The summed E-state index contributed by atoms with van der Waals surface area (Å²) >= 11 is 0. The van der Waals surface area contributed by atoms with Gasteiger partial charge in [0.2, 0.25) is 5.79 Å². The van der Waals surface area contributed by atoms with Gasteiger partial charge >= 0.3 is 17.9 Å². The molecule has 15 heteroatoms. The lowest BCUT2D eigenvalue weighted by Gasteiger charge is -2.42. The maximum Gasteiger partial charge on any atom is 0.338 e. The fourth-order valence-electron chi connectivity index (χ4n) is 4.76. The molecule has 0 radical (unpaired) electrons. The van der Waals surface area contributed by atoms with Gasteiger partial charge in [-0.3, -0.25) is 4.79 Å². The number of ether oxygens (including phenoxy) is 7. The molecule has 4 N–H and O–H groups in total. The molecule has 244 valence electrons. The van der Waals surface area contributed by atoms with E-state index in [0.29, 0.717) is 0 Å². The van der Waals surface area contributed by atoms with E-state index in [4.69, 9.17) is 33.2 Å². The first-order valence-corrected chi connectivity index (χ1v) is 13.5. The maximum absolute atomic E-state index is 13.3. The van der Waals surface area contributed by atoms with Gasteiger partial charge in [0, 0.05) is 0 Å². The van der Waals surface area contributed by atoms with Crippen molar-refractivity contribution in [3.05, 3.63) is 71.3 Å². The third-order valence-electron chi connectivity index (χ3n) is 7.05. The van der Waals surface area contributed by atoms with Crippen LogP contribution in [0.25, 0.3) is 0 Å². The van der Waals surface area contributed by atoms with Crippen molar-refractivity contribution >= 4 is 24.4 Å². The molecule has 1 fully saturated rings. The molecule has 2 unspecified atom stereocenters. The van der Waals surface area contributed by atoms with Crippen molar-refractivity contribution in [3.8, 4) is 34.5 Å². The van der Waals surface area contributed by atoms with E-state index in [0.717, 1.165) is 0 Å². The fourth-order valence-corrected chi connectivity index (χ4v) is 4.76. The van der Waals surface area contributed by atoms with Crippen LogP contribution in [-0.4, -0.2) is 90.2 Å². The molecule has 3 aromatic rings. The van der Waals surface area contributed by atoms with Crippen LogP contribution >= 0.6 is 0 Å². The summed E-state index contributed by atoms with van der Waals surface area (Å²) in [4.78, 5) is 51.2. The lowest BCUT2D eigenvalue weighted by molar-refractivity contribution is -0.251. The van der Waals surface area contributed by atoms with Crippen molar-refractivity contribution in [2.24, 2.45) is 0 Å². The molecule has 0 heterocycles. The van der Waals surface area contributed by atoms with Gasteiger partial charge < -0.3 is 53.6 Å². The summed E-state index contributed by atoms with van der Waals surface area (Å²) in [5, 5.41) is 40.9. The van der Waals surface area contributed by atoms with E-state index in [1.54, 1.807) is 0 Å². The van der Waals surface area contributed by atoms with Crippen LogP contribution in [0, 0.1) is 0 Å². The Hall–Kier alpha value is -5.70. The number of methoxy groups -OCH3 is 3. The Balaban J connectivity index is 1.73. The van der Waals surface area contributed by atoms with Gasteiger partial charge in [-0.15, -0.1) is 0 Å². The molecule has 1 aliphatic carbocycles. The highest BCUT2D eigenvalue weighted by atomic mass is 16.7. The molecule has 0 bridgehead atoms. The van der Waals surface area contributed by atoms with Gasteiger partial charge in [-0.05, 0) is 54.6 Å². The van der Waals surface area contributed by atoms with Crippen LogP contribution in [0.2, 0.25) is 0 Å². The third-order valence-corrected chi connectivity index (χ3v) is 7.05. The number of phenolic OH excluding ortho intramolecular Hbond substituents is 3. The molecule has 0 spiro atoms. The Morgan fingerprint density at radius 2 is 1.00 bits per heavy atom. The number of phenols is 3. The summed E-state index contributed by atoms with van der Waals surface area (Å²) in [5.41, 5.74) is -0.336. The minimum Gasteiger partial charge on any atom is -0.504 e. The Morgan fingerprint density at radius 1 is 0.652 bits per heavy atom. The Bertz CT molecular complexity index is 1540. The summed E-state index contributed by atoms with van der Waals surface area (Å²) in [5.74, 6) is -6.40. The van der Waals surface area contributed by atoms with Crippen molar-refractivity contribution in [3.63, 3.8) is 0 Å². The summed E-state index contributed by atoms with van der Waals surface area (Å²) in [7, 11) is 3.79. The van der Waals surface area contributed by atoms with Gasteiger partial charge in [0.1, 0.15) is 12.2 Å². The van der Waals surface area contributed by atoms with E-state index in [1.807, 2.05) is 0 Å².